The Bertz CT molecular complexity index is 778. The van der Waals surface area contributed by atoms with Crippen LogP contribution in [0.4, 0.5) is 0 Å². The zero-order valence-electron chi connectivity index (χ0n) is 18.9. The molecule has 32 heavy (non-hydrogen) atoms. The molecule has 0 amide bonds. The maximum Gasteiger partial charge on any atom is 0.338 e. The molecule has 4 atom stereocenters. The maximum absolute atomic E-state index is 12.6. The van der Waals surface area contributed by atoms with E-state index < -0.39 is 28.7 Å². The van der Waals surface area contributed by atoms with Crippen molar-refractivity contribution in [1.29, 1.82) is 0 Å². The average Bonchev–Trinajstić information content (AvgIpc) is 2.77. The first-order valence-corrected chi connectivity index (χ1v) is 12.3. The van der Waals surface area contributed by atoms with Gasteiger partial charge in [-0.3, -0.25) is 24.1 Å². The second kappa shape index (κ2) is 15.0. The molecule has 1 aliphatic carbocycles. The first-order chi connectivity index (χ1) is 15.3. The highest BCUT2D eigenvalue weighted by Crippen LogP contribution is 2.32. The summed E-state index contributed by atoms with van der Waals surface area (Å²) in [5.41, 5.74) is 4.44. The molecule has 10 heteroatoms. The van der Waals surface area contributed by atoms with E-state index in [1.54, 1.807) is 6.08 Å². The molecule has 0 aromatic rings. The predicted molar refractivity (Wildman–Crippen MR) is 123 cm³/mol. The SMILES string of the molecule is CCCC(=CC(=O)OC1=C[C@H](C(=O)OC)[C@@H](CC(C)S(=O)CC)CC1=O)NOCC=CCl. The molecule has 0 radical (unpaired) electrons. The van der Waals surface area contributed by atoms with Crippen molar-refractivity contribution in [3.8, 4) is 0 Å². The van der Waals surface area contributed by atoms with E-state index in [9.17, 15) is 18.6 Å². The zero-order chi connectivity index (χ0) is 24.1. The molecule has 1 rings (SSSR count). The maximum atomic E-state index is 12.6. The Kier molecular flexibility index (Phi) is 13.1. The number of rotatable bonds is 13. The molecule has 1 N–H and O–H groups in total. The van der Waals surface area contributed by atoms with Crippen molar-refractivity contribution in [2.45, 2.75) is 51.7 Å². The predicted octanol–water partition coefficient (Wildman–Crippen LogP) is 3.30. The third-order valence-corrected chi connectivity index (χ3v) is 6.73. The van der Waals surface area contributed by atoms with Crippen molar-refractivity contribution in [2.24, 2.45) is 11.8 Å². The van der Waals surface area contributed by atoms with E-state index in [0.717, 1.165) is 6.42 Å². The van der Waals surface area contributed by atoms with E-state index in [0.29, 0.717) is 24.3 Å². The minimum atomic E-state index is -1.05. The van der Waals surface area contributed by atoms with Crippen LogP contribution in [0, 0.1) is 11.8 Å². The van der Waals surface area contributed by atoms with Gasteiger partial charge in [-0.2, -0.15) is 0 Å². The molecule has 0 saturated heterocycles. The summed E-state index contributed by atoms with van der Waals surface area (Å²) in [6, 6.07) is 0. The van der Waals surface area contributed by atoms with E-state index in [-0.39, 0.29) is 35.7 Å². The number of carbonyl (C=O) groups excluding carboxylic acids is 3. The second-order valence-electron chi connectivity index (χ2n) is 7.30. The van der Waals surface area contributed by atoms with E-state index >= 15 is 0 Å². The summed E-state index contributed by atoms with van der Waals surface area (Å²) in [5, 5.41) is -0.179. The fourth-order valence-electron chi connectivity index (χ4n) is 3.31. The van der Waals surface area contributed by atoms with Gasteiger partial charge in [0, 0.05) is 45.5 Å². The van der Waals surface area contributed by atoms with Crippen molar-refractivity contribution in [1.82, 2.24) is 5.48 Å². The smallest absolute Gasteiger partial charge is 0.338 e. The van der Waals surface area contributed by atoms with E-state index in [1.807, 2.05) is 20.8 Å². The molecule has 0 saturated carbocycles. The Morgan fingerprint density at radius 2 is 2.09 bits per heavy atom. The third-order valence-electron chi connectivity index (χ3n) is 4.90. The van der Waals surface area contributed by atoms with Gasteiger partial charge in [0.2, 0.25) is 0 Å². The van der Waals surface area contributed by atoms with E-state index in [1.165, 1.54) is 24.8 Å². The largest absolute Gasteiger partial charge is 0.469 e. The van der Waals surface area contributed by atoms with Gasteiger partial charge < -0.3 is 9.47 Å². The Labute approximate surface area is 196 Å². The van der Waals surface area contributed by atoms with E-state index in [2.05, 4.69) is 5.48 Å². The van der Waals surface area contributed by atoms with Gasteiger partial charge in [0.25, 0.3) is 0 Å². The van der Waals surface area contributed by atoms with Crippen LogP contribution < -0.4 is 5.48 Å². The first kappa shape index (κ1) is 28.1. The van der Waals surface area contributed by atoms with Crippen LogP contribution in [0.3, 0.4) is 0 Å². The molecule has 0 aromatic heterocycles. The molecular weight excluding hydrogens is 458 g/mol. The molecule has 180 valence electrons. The summed E-state index contributed by atoms with van der Waals surface area (Å²) in [5.74, 6) is -2.52. The zero-order valence-corrected chi connectivity index (χ0v) is 20.5. The quantitative estimate of drug-likeness (QED) is 0.182. The number of hydroxylamine groups is 1. The fourth-order valence-corrected chi connectivity index (χ4v) is 4.42. The monoisotopic (exact) mass is 489 g/mol. The van der Waals surface area contributed by atoms with Gasteiger partial charge in [-0.05, 0) is 30.9 Å². The molecule has 1 aliphatic rings. The van der Waals surface area contributed by atoms with Crippen LogP contribution in [0.5, 0.6) is 0 Å². The number of ether oxygens (including phenoxy) is 2. The number of Topliss-reactive ketones (excluding diaryl/α,β-unsaturated/α-hetero) is 1. The first-order valence-electron chi connectivity index (χ1n) is 10.5. The van der Waals surface area contributed by atoms with Gasteiger partial charge in [-0.1, -0.05) is 38.8 Å². The van der Waals surface area contributed by atoms with Gasteiger partial charge in [-0.15, -0.1) is 0 Å². The molecule has 0 heterocycles. The van der Waals surface area contributed by atoms with Crippen molar-refractivity contribution < 1.29 is 32.9 Å². The lowest BCUT2D eigenvalue weighted by atomic mass is 9.79. The number of allylic oxidation sites excluding steroid dienone is 2. The van der Waals surface area contributed by atoms with Gasteiger partial charge in [-0.25, -0.2) is 4.79 Å². The van der Waals surface area contributed by atoms with Crippen LogP contribution in [-0.2, 0) is 39.5 Å². The Balaban J connectivity index is 2.97. The van der Waals surface area contributed by atoms with Crippen molar-refractivity contribution in [2.75, 3.05) is 19.5 Å². The summed E-state index contributed by atoms with van der Waals surface area (Å²) in [7, 11) is 0.204. The summed E-state index contributed by atoms with van der Waals surface area (Å²) in [6.45, 7) is 5.78. The van der Waals surface area contributed by atoms with Crippen molar-refractivity contribution in [3.05, 3.63) is 35.2 Å². The average molecular weight is 490 g/mol. The van der Waals surface area contributed by atoms with Gasteiger partial charge >= 0.3 is 11.9 Å². The molecule has 2 unspecified atom stereocenters. The lowest BCUT2D eigenvalue weighted by molar-refractivity contribution is -0.147. The van der Waals surface area contributed by atoms with Crippen LogP contribution >= 0.6 is 11.6 Å². The number of hydrogen-bond acceptors (Lipinski definition) is 8. The molecule has 0 aromatic carbocycles. The van der Waals surface area contributed by atoms with Crippen LogP contribution in [0.15, 0.2) is 35.2 Å². The number of halogens is 1. The number of hydrogen-bond donors (Lipinski definition) is 1. The number of carbonyl (C=O) groups is 3. The normalized spacial score (nSPS) is 21.1. The summed E-state index contributed by atoms with van der Waals surface area (Å²) in [4.78, 5) is 42.5. The lowest BCUT2D eigenvalue weighted by Gasteiger charge is -2.28. The highest BCUT2D eigenvalue weighted by molar-refractivity contribution is 7.85. The second-order valence-corrected chi connectivity index (χ2v) is 9.69. The molecule has 8 nitrogen and oxygen atoms in total. The minimum Gasteiger partial charge on any atom is -0.469 e. The highest BCUT2D eigenvalue weighted by Gasteiger charge is 2.37. The molecule has 0 aliphatic heterocycles. The Hall–Kier alpha value is -1.97. The molecule has 0 fully saturated rings. The Morgan fingerprint density at radius 1 is 1.38 bits per heavy atom. The number of esters is 2. The summed E-state index contributed by atoms with van der Waals surface area (Å²) in [6.07, 6.45) is 5.79. The van der Waals surface area contributed by atoms with Gasteiger partial charge in [0.15, 0.2) is 11.5 Å². The van der Waals surface area contributed by atoms with Crippen molar-refractivity contribution >= 4 is 40.1 Å². The summed E-state index contributed by atoms with van der Waals surface area (Å²) >= 11 is 5.43. The number of methoxy groups -OCH3 is 1. The van der Waals surface area contributed by atoms with Crippen LogP contribution in [0.1, 0.15) is 46.5 Å². The van der Waals surface area contributed by atoms with E-state index in [4.69, 9.17) is 25.9 Å². The highest BCUT2D eigenvalue weighted by atomic mass is 35.5. The summed E-state index contributed by atoms with van der Waals surface area (Å²) < 4.78 is 22.2. The lowest BCUT2D eigenvalue weighted by Crippen LogP contribution is -2.34. The Morgan fingerprint density at radius 3 is 2.69 bits per heavy atom. The third kappa shape index (κ3) is 9.26. The molecule has 0 bridgehead atoms. The number of ketones is 1. The van der Waals surface area contributed by atoms with Gasteiger partial charge in [0.05, 0.1) is 19.6 Å². The molecular formula is C22H32ClNO7S. The number of nitrogens with one attached hydrogen (secondary N) is 1. The topological polar surface area (TPSA) is 108 Å². The molecule has 0 spiro atoms. The standard InChI is InChI=1S/C22H32ClNO7S/c1-5-8-17(24-30-10-7-9-23)13-21(26)31-20-14-18(22(27)29-4)16(12-19(20)25)11-15(3)32(28)6-2/h7,9,13-16,18,24H,5-6,8,10-12H2,1-4H3/t15?,16-,18-,32?/m0/s1. The fraction of sp³-hybridized carbons (Fsp3) is 0.591. The van der Waals surface area contributed by atoms with Crippen LogP contribution in [0.25, 0.3) is 0 Å². The minimum absolute atomic E-state index is 0.00177. The van der Waals surface area contributed by atoms with Crippen LogP contribution in [-0.4, -0.2) is 46.7 Å². The van der Waals surface area contributed by atoms with Crippen molar-refractivity contribution in [3.63, 3.8) is 0 Å². The van der Waals surface area contributed by atoms with Gasteiger partial charge in [0.1, 0.15) is 0 Å². The van der Waals surface area contributed by atoms with Crippen LogP contribution in [0.2, 0.25) is 0 Å².